The lowest BCUT2D eigenvalue weighted by Crippen LogP contribution is -1.99. The summed E-state index contributed by atoms with van der Waals surface area (Å²) in [6.45, 7) is 0. The Labute approximate surface area is 157 Å². The molecule has 2 aromatic carbocycles. The smallest absolute Gasteiger partial charge is 0.269 e. The summed E-state index contributed by atoms with van der Waals surface area (Å²) < 4.78 is 7.13. The Morgan fingerprint density at radius 1 is 1.04 bits per heavy atom. The van der Waals surface area contributed by atoms with E-state index in [9.17, 15) is 10.1 Å². The average molecular weight is 372 g/mol. The lowest BCUT2D eigenvalue weighted by Gasteiger charge is -2.05. The number of aryl methyl sites for hydroxylation is 1. The van der Waals surface area contributed by atoms with Gasteiger partial charge in [-0.1, -0.05) is 17.3 Å². The van der Waals surface area contributed by atoms with Crippen LogP contribution in [0.15, 0.2) is 59.3 Å². The number of hydrogen-bond donors (Lipinski definition) is 0. The zero-order valence-electron chi connectivity index (χ0n) is 14.6. The van der Waals surface area contributed by atoms with Gasteiger partial charge < -0.3 is 9.09 Å². The highest BCUT2D eigenvalue weighted by atomic mass is 16.6. The molecule has 0 amide bonds. The minimum absolute atomic E-state index is 0.00410. The molecule has 0 atom stereocenters. The highest BCUT2D eigenvalue weighted by molar-refractivity contribution is 5.98. The van der Waals surface area contributed by atoms with Crippen molar-refractivity contribution in [2.45, 2.75) is 0 Å². The Kier molecular flexibility index (Phi) is 3.41. The van der Waals surface area contributed by atoms with Gasteiger partial charge in [-0.3, -0.25) is 10.1 Å². The summed E-state index contributed by atoms with van der Waals surface area (Å²) in [5.74, 6) is 0.650. The molecule has 28 heavy (non-hydrogen) atoms. The van der Waals surface area contributed by atoms with Crippen molar-refractivity contribution in [1.82, 2.24) is 24.9 Å². The van der Waals surface area contributed by atoms with E-state index < -0.39 is 4.92 Å². The van der Waals surface area contributed by atoms with Gasteiger partial charge >= 0.3 is 0 Å². The van der Waals surface area contributed by atoms with Crippen molar-refractivity contribution in [3.8, 4) is 22.8 Å². The predicted octanol–water partition coefficient (Wildman–Crippen LogP) is 3.75. The highest BCUT2D eigenvalue weighted by Crippen LogP contribution is 2.32. The van der Waals surface area contributed by atoms with Crippen LogP contribution >= 0.6 is 0 Å². The van der Waals surface area contributed by atoms with E-state index in [1.54, 1.807) is 12.1 Å². The Balaban J connectivity index is 1.69. The first-order chi connectivity index (χ1) is 13.6. The van der Waals surface area contributed by atoms with E-state index in [0.717, 1.165) is 11.0 Å². The van der Waals surface area contributed by atoms with E-state index in [0.29, 0.717) is 33.7 Å². The minimum atomic E-state index is -0.448. The van der Waals surface area contributed by atoms with Gasteiger partial charge in [0.25, 0.3) is 5.69 Å². The van der Waals surface area contributed by atoms with E-state index >= 15 is 0 Å². The van der Waals surface area contributed by atoms with Crippen LogP contribution in [-0.4, -0.2) is 29.8 Å². The molecule has 0 radical (unpaired) electrons. The van der Waals surface area contributed by atoms with Crippen molar-refractivity contribution >= 4 is 27.6 Å². The maximum atomic E-state index is 10.9. The second-order valence-electron chi connectivity index (χ2n) is 6.26. The van der Waals surface area contributed by atoms with Crippen LogP contribution in [0.2, 0.25) is 0 Å². The standard InChI is InChI=1S/C19H12N6O3/c1-24-15-5-3-2-4-14(15)20-19(24)18-13-10-28-23-17(13)16(21-22-18)11-6-8-12(9-7-11)25(26)27/h2-10H,1H3. The van der Waals surface area contributed by atoms with Crippen LogP contribution in [0, 0.1) is 10.1 Å². The second-order valence-corrected chi connectivity index (χ2v) is 6.26. The molecule has 0 aliphatic heterocycles. The molecule has 0 unspecified atom stereocenters. The molecule has 3 aromatic heterocycles. The number of benzene rings is 2. The van der Waals surface area contributed by atoms with Crippen molar-refractivity contribution in [3.05, 3.63) is 64.9 Å². The van der Waals surface area contributed by atoms with Crippen LogP contribution in [-0.2, 0) is 7.05 Å². The molecule has 0 saturated carbocycles. The Bertz CT molecular complexity index is 1350. The third kappa shape index (κ3) is 2.33. The third-order valence-corrected chi connectivity index (χ3v) is 4.65. The molecule has 136 valence electrons. The van der Waals surface area contributed by atoms with E-state index in [1.807, 2.05) is 35.9 Å². The van der Waals surface area contributed by atoms with Gasteiger partial charge in [0.1, 0.15) is 23.2 Å². The van der Waals surface area contributed by atoms with Crippen molar-refractivity contribution < 1.29 is 9.45 Å². The number of nitro benzene ring substituents is 1. The molecule has 5 aromatic rings. The van der Waals surface area contributed by atoms with Gasteiger partial charge in [0.15, 0.2) is 5.82 Å². The molecule has 9 heteroatoms. The maximum absolute atomic E-state index is 10.9. The normalized spacial score (nSPS) is 11.3. The number of non-ortho nitro benzene ring substituents is 1. The fraction of sp³-hybridized carbons (Fsp3) is 0.0526. The van der Waals surface area contributed by atoms with Crippen LogP contribution in [0.4, 0.5) is 5.69 Å². The number of fused-ring (bicyclic) bond motifs is 2. The third-order valence-electron chi connectivity index (χ3n) is 4.65. The lowest BCUT2D eigenvalue weighted by molar-refractivity contribution is -0.384. The average Bonchev–Trinajstić information content (AvgIpc) is 3.33. The molecule has 0 fully saturated rings. The quantitative estimate of drug-likeness (QED) is 0.350. The van der Waals surface area contributed by atoms with Crippen molar-refractivity contribution in [2.75, 3.05) is 0 Å². The molecular weight excluding hydrogens is 360 g/mol. The van der Waals surface area contributed by atoms with Gasteiger partial charge in [-0.25, -0.2) is 4.98 Å². The zero-order valence-corrected chi connectivity index (χ0v) is 14.6. The Morgan fingerprint density at radius 2 is 1.79 bits per heavy atom. The summed E-state index contributed by atoms with van der Waals surface area (Å²) in [4.78, 5) is 15.1. The molecule has 0 N–H and O–H groups in total. The lowest BCUT2D eigenvalue weighted by atomic mass is 10.1. The first kappa shape index (κ1) is 16.1. The largest absolute Gasteiger partial charge is 0.363 e. The summed E-state index contributed by atoms with van der Waals surface area (Å²) in [6, 6.07) is 13.9. The van der Waals surface area contributed by atoms with Crippen LogP contribution < -0.4 is 0 Å². The zero-order chi connectivity index (χ0) is 19.3. The minimum Gasteiger partial charge on any atom is -0.363 e. The molecule has 9 nitrogen and oxygen atoms in total. The highest BCUT2D eigenvalue weighted by Gasteiger charge is 2.20. The van der Waals surface area contributed by atoms with E-state index in [4.69, 9.17) is 4.52 Å². The second kappa shape index (κ2) is 5.95. The maximum Gasteiger partial charge on any atom is 0.269 e. The van der Waals surface area contributed by atoms with Crippen LogP contribution in [0.5, 0.6) is 0 Å². The van der Waals surface area contributed by atoms with E-state index in [1.165, 1.54) is 18.4 Å². The monoisotopic (exact) mass is 372 g/mol. The molecular formula is C19H12N6O3. The summed E-state index contributed by atoms with van der Waals surface area (Å²) >= 11 is 0. The fourth-order valence-electron chi connectivity index (χ4n) is 3.23. The number of aromatic nitrogens is 5. The van der Waals surface area contributed by atoms with Gasteiger partial charge in [0, 0.05) is 24.7 Å². The molecule has 0 spiro atoms. The summed E-state index contributed by atoms with van der Waals surface area (Å²) in [5.41, 5.74) is 4.06. The molecule has 0 aliphatic rings. The topological polar surface area (TPSA) is 113 Å². The van der Waals surface area contributed by atoms with E-state index in [2.05, 4.69) is 20.3 Å². The molecule has 0 aliphatic carbocycles. The molecule has 5 rings (SSSR count). The molecule has 0 saturated heterocycles. The van der Waals surface area contributed by atoms with Gasteiger partial charge in [-0.05, 0) is 24.3 Å². The summed E-state index contributed by atoms with van der Waals surface area (Å²) in [5, 5.41) is 24.3. The van der Waals surface area contributed by atoms with Crippen LogP contribution in [0.25, 0.3) is 44.7 Å². The first-order valence-corrected chi connectivity index (χ1v) is 8.41. The SMILES string of the molecule is Cn1c(-c2nnc(-c3ccc([N+](=O)[O-])cc3)c3nocc23)nc2ccccc21. The fourth-order valence-corrected chi connectivity index (χ4v) is 3.23. The van der Waals surface area contributed by atoms with Crippen molar-refractivity contribution in [2.24, 2.45) is 7.05 Å². The number of nitrogens with zero attached hydrogens (tertiary/aromatic N) is 6. The van der Waals surface area contributed by atoms with Gasteiger partial charge in [0.05, 0.1) is 21.3 Å². The molecule has 0 bridgehead atoms. The van der Waals surface area contributed by atoms with Crippen molar-refractivity contribution in [3.63, 3.8) is 0 Å². The van der Waals surface area contributed by atoms with Gasteiger partial charge in [-0.15, -0.1) is 10.2 Å². The Hall–Kier alpha value is -4.14. The number of hydrogen-bond acceptors (Lipinski definition) is 7. The van der Waals surface area contributed by atoms with Crippen molar-refractivity contribution in [1.29, 1.82) is 0 Å². The number of para-hydroxylation sites is 2. The Morgan fingerprint density at radius 3 is 2.54 bits per heavy atom. The van der Waals surface area contributed by atoms with E-state index in [-0.39, 0.29) is 5.69 Å². The number of nitro groups is 1. The number of imidazole rings is 1. The molecule has 3 heterocycles. The summed E-state index contributed by atoms with van der Waals surface area (Å²) in [7, 11) is 1.91. The number of rotatable bonds is 3. The summed E-state index contributed by atoms with van der Waals surface area (Å²) in [6.07, 6.45) is 1.51. The van der Waals surface area contributed by atoms with Gasteiger partial charge in [-0.2, -0.15) is 0 Å². The predicted molar refractivity (Wildman–Crippen MR) is 101 cm³/mol. The van der Waals surface area contributed by atoms with Crippen LogP contribution in [0.1, 0.15) is 0 Å². The van der Waals surface area contributed by atoms with Crippen LogP contribution in [0.3, 0.4) is 0 Å². The van der Waals surface area contributed by atoms with Gasteiger partial charge in [0.2, 0.25) is 0 Å². The first-order valence-electron chi connectivity index (χ1n) is 8.41.